The third-order valence-corrected chi connectivity index (χ3v) is 6.17. The van der Waals surface area contributed by atoms with Gasteiger partial charge in [-0.15, -0.1) is 0 Å². The summed E-state index contributed by atoms with van der Waals surface area (Å²) < 4.78 is 42.2. The molecule has 1 saturated heterocycles. The van der Waals surface area contributed by atoms with E-state index in [9.17, 15) is 22.8 Å². The zero-order chi connectivity index (χ0) is 25.9. The van der Waals surface area contributed by atoms with E-state index < -0.39 is 12.1 Å². The minimum absolute atomic E-state index is 0.215. The number of hydrogen-bond donors (Lipinski definition) is 2. The Bertz CT molecular complexity index is 1250. The molecule has 36 heavy (non-hydrogen) atoms. The molecule has 1 aliphatic rings. The second-order valence-electron chi connectivity index (χ2n) is 8.11. The fourth-order valence-electron chi connectivity index (χ4n) is 3.81. The highest BCUT2D eigenvalue weighted by molar-refractivity contribution is 6.36. The fraction of sp³-hybridized carbons (Fsp3) is 0.304. The third-order valence-electron chi connectivity index (χ3n) is 5.62. The molecule has 2 heterocycles. The summed E-state index contributed by atoms with van der Waals surface area (Å²) in [6.45, 7) is 0.749. The Morgan fingerprint density at radius 1 is 1.11 bits per heavy atom. The highest BCUT2D eigenvalue weighted by Gasteiger charge is 2.38. The van der Waals surface area contributed by atoms with Crippen LogP contribution in [0.25, 0.3) is 11.4 Å². The summed E-state index contributed by atoms with van der Waals surface area (Å²) in [4.78, 5) is 30.5. The number of anilines is 1. The molecule has 0 saturated carbocycles. The first-order chi connectivity index (χ1) is 17.1. The van der Waals surface area contributed by atoms with Crippen LogP contribution in [0.15, 0.2) is 47.0 Å². The van der Waals surface area contributed by atoms with E-state index in [4.69, 9.17) is 23.2 Å². The van der Waals surface area contributed by atoms with E-state index in [2.05, 4.69) is 25.3 Å². The molecule has 1 aromatic heterocycles. The van der Waals surface area contributed by atoms with Gasteiger partial charge < -0.3 is 20.1 Å². The lowest BCUT2D eigenvalue weighted by atomic mass is 10.0. The molecule has 0 radical (unpaired) electrons. The van der Waals surface area contributed by atoms with Crippen molar-refractivity contribution in [2.75, 3.05) is 18.4 Å². The van der Waals surface area contributed by atoms with Gasteiger partial charge in [-0.25, -0.2) is 4.79 Å². The van der Waals surface area contributed by atoms with E-state index >= 15 is 0 Å². The van der Waals surface area contributed by atoms with Crippen LogP contribution in [0.2, 0.25) is 10.0 Å². The molecule has 1 atom stereocenters. The molecule has 4 rings (SSSR count). The number of aromatic nitrogens is 2. The number of hydrogen-bond acceptors (Lipinski definition) is 5. The van der Waals surface area contributed by atoms with Crippen molar-refractivity contribution in [1.82, 2.24) is 20.4 Å². The number of nitrogens with one attached hydrogen (secondary N) is 2. The number of benzene rings is 2. The number of carbonyl (C=O) groups is 2. The lowest BCUT2D eigenvalue weighted by molar-refractivity contribution is -0.159. The summed E-state index contributed by atoms with van der Waals surface area (Å²) in [6, 6.07) is 10.0. The first-order valence-electron chi connectivity index (χ1n) is 10.9. The molecule has 1 fully saturated rings. The number of nitrogens with zero attached hydrogens (tertiary/aromatic N) is 3. The lowest BCUT2D eigenvalue weighted by Crippen LogP contribution is -2.50. The van der Waals surface area contributed by atoms with E-state index in [0.29, 0.717) is 29.2 Å². The topological polar surface area (TPSA) is 100 Å². The van der Waals surface area contributed by atoms with Gasteiger partial charge in [0.15, 0.2) is 0 Å². The number of likely N-dealkylation sites (tertiary alicyclic amines) is 1. The lowest BCUT2D eigenvalue weighted by Gasteiger charge is -2.35. The van der Waals surface area contributed by atoms with Gasteiger partial charge in [0.1, 0.15) is 0 Å². The maximum atomic E-state index is 13.0. The average Bonchev–Trinajstić information content (AvgIpc) is 3.34. The van der Waals surface area contributed by atoms with E-state index in [-0.39, 0.29) is 40.9 Å². The van der Waals surface area contributed by atoms with Crippen LogP contribution in [0.1, 0.15) is 35.5 Å². The van der Waals surface area contributed by atoms with Crippen molar-refractivity contribution in [3.8, 4) is 11.4 Å². The van der Waals surface area contributed by atoms with E-state index in [1.54, 1.807) is 11.0 Å². The standard InChI is InChI=1S/C23H20Cl2F3N5O3/c24-14-6-9-17(18(25)11-14)20(34)29-12-16-3-1-2-10-33(16)22(35)30-15-7-4-13(5-8-15)19-31-21(36-32-19)23(26,27)28/h4-9,11,16H,1-3,10,12H2,(H,29,34)(H,30,35). The molecule has 0 aliphatic carbocycles. The minimum Gasteiger partial charge on any atom is -0.350 e. The van der Waals surface area contributed by atoms with Crippen molar-refractivity contribution in [3.63, 3.8) is 0 Å². The highest BCUT2D eigenvalue weighted by Crippen LogP contribution is 2.30. The van der Waals surface area contributed by atoms with Gasteiger partial charge in [-0.1, -0.05) is 28.4 Å². The smallest absolute Gasteiger partial charge is 0.350 e. The van der Waals surface area contributed by atoms with Crippen molar-refractivity contribution in [2.45, 2.75) is 31.5 Å². The van der Waals surface area contributed by atoms with Crippen molar-refractivity contribution in [1.29, 1.82) is 0 Å². The second kappa shape index (κ2) is 10.8. The number of halogens is 5. The molecule has 8 nitrogen and oxygen atoms in total. The quantitative estimate of drug-likeness (QED) is 0.420. The van der Waals surface area contributed by atoms with Gasteiger partial charge in [0.2, 0.25) is 5.82 Å². The largest absolute Gasteiger partial charge is 0.471 e. The summed E-state index contributed by atoms with van der Waals surface area (Å²) in [6.07, 6.45) is -2.30. The van der Waals surface area contributed by atoms with Gasteiger partial charge in [0.25, 0.3) is 5.91 Å². The first kappa shape index (κ1) is 25.8. The number of carbonyl (C=O) groups excluding carboxylic acids is 2. The molecule has 13 heteroatoms. The van der Waals surface area contributed by atoms with Crippen LogP contribution < -0.4 is 10.6 Å². The van der Waals surface area contributed by atoms with Gasteiger partial charge in [-0.2, -0.15) is 18.2 Å². The molecule has 190 valence electrons. The van der Waals surface area contributed by atoms with Crippen LogP contribution in [-0.4, -0.2) is 46.1 Å². The number of alkyl halides is 3. The van der Waals surface area contributed by atoms with Gasteiger partial charge in [-0.05, 0) is 61.7 Å². The van der Waals surface area contributed by atoms with Crippen molar-refractivity contribution < 1.29 is 27.3 Å². The summed E-state index contributed by atoms with van der Waals surface area (Å²) in [5, 5.41) is 9.60. The van der Waals surface area contributed by atoms with Crippen LogP contribution >= 0.6 is 23.2 Å². The van der Waals surface area contributed by atoms with Crippen molar-refractivity contribution in [3.05, 3.63) is 64.0 Å². The average molecular weight is 542 g/mol. The van der Waals surface area contributed by atoms with Gasteiger partial charge in [-0.3, -0.25) is 4.79 Å². The Hall–Kier alpha value is -3.31. The SMILES string of the molecule is O=C(NCC1CCCCN1C(=O)Nc1ccc(-c2noc(C(F)(F)F)n2)cc1)c1ccc(Cl)cc1Cl. The monoisotopic (exact) mass is 541 g/mol. The Morgan fingerprint density at radius 3 is 2.53 bits per heavy atom. The molecule has 1 aliphatic heterocycles. The predicted octanol–water partition coefficient (Wildman–Crippen LogP) is 5.88. The zero-order valence-corrected chi connectivity index (χ0v) is 20.1. The maximum absolute atomic E-state index is 13.0. The van der Waals surface area contributed by atoms with Crippen LogP contribution in [0.3, 0.4) is 0 Å². The number of piperidine rings is 1. The summed E-state index contributed by atoms with van der Waals surface area (Å²) in [5.74, 6) is -2.02. The molecule has 3 amide bonds. The van der Waals surface area contributed by atoms with Crippen LogP contribution in [0.5, 0.6) is 0 Å². The highest BCUT2D eigenvalue weighted by atomic mass is 35.5. The van der Waals surface area contributed by atoms with E-state index in [1.807, 2.05) is 0 Å². The van der Waals surface area contributed by atoms with Gasteiger partial charge >= 0.3 is 18.1 Å². The maximum Gasteiger partial charge on any atom is 0.471 e. The van der Waals surface area contributed by atoms with Gasteiger partial charge in [0, 0.05) is 29.4 Å². The van der Waals surface area contributed by atoms with Crippen LogP contribution in [-0.2, 0) is 6.18 Å². The third kappa shape index (κ3) is 6.08. The molecular weight excluding hydrogens is 522 g/mol. The van der Waals surface area contributed by atoms with Crippen LogP contribution in [0.4, 0.5) is 23.7 Å². The zero-order valence-electron chi connectivity index (χ0n) is 18.6. The Labute approximate surface area is 213 Å². The summed E-state index contributed by atoms with van der Waals surface area (Å²) in [5.41, 5.74) is 1.02. The van der Waals surface area contributed by atoms with Gasteiger partial charge in [0.05, 0.1) is 16.6 Å². The number of rotatable bonds is 5. The molecule has 0 spiro atoms. The van der Waals surface area contributed by atoms with E-state index in [1.165, 1.54) is 36.4 Å². The van der Waals surface area contributed by atoms with Crippen molar-refractivity contribution in [2.24, 2.45) is 0 Å². The second-order valence-corrected chi connectivity index (χ2v) is 8.95. The molecule has 1 unspecified atom stereocenters. The molecule has 2 aromatic carbocycles. The Balaban J connectivity index is 1.37. The minimum atomic E-state index is -4.73. The first-order valence-corrected chi connectivity index (χ1v) is 11.7. The summed E-state index contributed by atoms with van der Waals surface area (Å²) in [7, 11) is 0. The van der Waals surface area contributed by atoms with Crippen molar-refractivity contribution >= 4 is 40.8 Å². The predicted molar refractivity (Wildman–Crippen MR) is 127 cm³/mol. The molecular formula is C23H20Cl2F3N5O3. The molecule has 2 N–H and O–H groups in total. The number of urea groups is 1. The van der Waals surface area contributed by atoms with E-state index in [0.717, 1.165) is 12.8 Å². The van der Waals surface area contributed by atoms with Crippen LogP contribution in [0, 0.1) is 0 Å². The Morgan fingerprint density at radius 2 is 1.86 bits per heavy atom. The number of amides is 3. The fourth-order valence-corrected chi connectivity index (χ4v) is 4.31. The molecule has 3 aromatic rings. The normalized spacial score (nSPS) is 16.0. The Kier molecular flexibility index (Phi) is 7.70. The summed E-state index contributed by atoms with van der Waals surface area (Å²) >= 11 is 12.0. The molecule has 0 bridgehead atoms.